The van der Waals surface area contributed by atoms with Crippen LogP contribution < -0.4 is 14.8 Å². The Morgan fingerprint density at radius 3 is 2.58 bits per heavy atom. The smallest absolute Gasteiger partial charge is 0.255 e. The Morgan fingerprint density at radius 1 is 0.935 bits per heavy atom. The van der Waals surface area contributed by atoms with Crippen LogP contribution in [0.25, 0.3) is 0 Å². The van der Waals surface area contributed by atoms with Gasteiger partial charge in [0.1, 0.15) is 6.04 Å². The number of carbonyl (C=O) groups excluding carboxylic acids is 2. The average molecular weight is 414 g/mol. The molecule has 6 heteroatoms. The number of benzene rings is 3. The summed E-state index contributed by atoms with van der Waals surface area (Å²) in [5.41, 5.74) is 3.35. The molecule has 3 aromatic rings. The lowest BCUT2D eigenvalue weighted by atomic mass is 10.0. The number of hydrogen-bond acceptors (Lipinski definition) is 4. The molecule has 2 heterocycles. The summed E-state index contributed by atoms with van der Waals surface area (Å²) >= 11 is 0. The molecular formula is C25H22N2O4. The van der Waals surface area contributed by atoms with Crippen molar-refractivity contribution in [3.63, 3.8) is 0 Å². The molecule has 0 fully saturated rings. The Bertz CT molecular complexity index is 1130. The normalized spacial score (nSPS) is 16.3. The van der Waals surface area contributed by atoms with Crippen molar-refractivity contribution in [1.82, 2.24) is 10.2 Å². The SMILES string of the molecule is O=C(NCCc1ccccc1)[C@H]1c2ccccc2C(=O)N1Cc1ccc2c(c1)OCO2. The lowest BCUT2D eigenvalue weighted by Gasteiger charge is -2.25. The third kappa shape index (κ3) is 3.72. The Balaban J connectivity index is 1.36. The summed E-state index contributed by atoms with van der Waals surface area (Å²) in [4.78, 5) is 27.9. The second-order valence-corrected chi connectivity index (χ2v) is 7.64. The third-order valence-electron chi connectivity index (χ3n) is 5.65. The first kappa shape index (κ1) is 19.2. The van der Waals surface area contributed by atoms with Gasteiger partial charge in [-0.15, -0.1) is 0 Å². The molecule has 0 bridgehead atoms. The average Bonchev–Trinajstić information content (AvgIpc) is 3.37. The molecule has 0 saturated heterocycles. The Hall–Kier alpha value is -3.80. The summed E-state index contributed by atoms with van der Waals surface area (Å²) in [5, 5.41) is 3.01. The lowest BCUT2D eigenvalue weighted by molar-refractivity contribution is -0.125. The minimum Gasteiger partial charge on any atom is -0.454 e. The zero-order valence-electron chi connectivity index (χ0n) is 16.9. The van der Waals surface area contributed by atoms with E-state index < -0.39 is 6.04 Å². The molecule has 0 unspecified atom stereocenters. The van der Waals surface area contributed by atoms with E-state index in [0.717, 1.165) is 23.1 Å². The van der Waals surface area contributed by atoms with Crippen LogP contribution in [0.15, 0.2) is 72.8 Å². The van der Waals surface area contributed by atoms with E-state index in [2.05, 4.69) is 5.32 Å². The minimum absolute atomic E-state index is 0.142. The molecule has 0 aliphatic carbocycles. The van der Waals surface area contributed by atoms with Gasteiger partial charge >= 0.3 is 0 Å². The van der Waals surface area contributed by atoms with E-state index in [9.17, 15) is 9.59 Å². The number of rotatable bonds is 6. The van der Waals surface area contributed by atoms with Crippen molar-refractivity contribution in [3.05, 3.63) is 95.1 Å². The van der Waals surface area contributed by atoms with Gasteiger partial charge in [0, 0.05) is 18.7 Å². The summed E-state index contributed by atoms with van der Waals surface area (Å²) in [6, 6.07) is 22.3. The first-order valence-electron chi connectivity index (χ1n) is 10.3. The van der Waals surface area contributed by atoms with Gasteiger partial charge in [0.05, 0.1) is 0 Å². The van der Waals surface area contributed by atoms with Crippen molar-refractivity contribution in [2.24, 2.45) is 0 Å². The Kier molecular flexibility index (Phi) is 5.04. The first-order chi connectivity index (χ1) is 15.2. The largest absolute Gasteiger partial charge is 0.454 e. The number of amides is 2. The molecule has 0 aromatic heterocycles. The van der Waals surface area contributed by atoms with Gasteiger partial charge in [-0.3, -0.25) is 9.59 Å². The van der Waals surface area contributed by atoms with Crippen LogP contribution in [0.2, 0.25) is 0 Å². The summed E-state index contributed by atoms with van der Waals surface area (Å²) in [5.74, 6) is 1.03. The number of nitrogens with zero attached hydrogens (tertiary/aromatic N) is 1. The molecule has 3 aromatic carbocycles. The van der Waals surface area contributed by atoms with Gasteiger partial charge in [-0.25, -0.2) is 0 Å². The molecule has 31 heavy (non-hydrogen) atoms. The molecule has 0 radical (unpaired) electrons. The van der Waals surface area contributed by atoms with Crippen LogP contribution >= 0.6 is 0 Å². The number of ether oxygens (including phenoxy) is 2. The van der Waals surface area contributed by atoms with Crippen LogP contribution in [-0.4, -0.2) is 30.1 Å². The molecule has 6 nitrogen and oxygen atoms in total. The molecule has 2 aliphatic heterocycles. The van der Waals surface area contributed by atoms with E-state index in [1.807, 2.05) is 66.7 Å². The van der Waals surface area contributed by atoms with E-state index in [1.165, 1.54) is 0 Å². The lowest BCUT2D eigenvalue weighted by Crippen LogP contribution is -2.39. The maximum Gasteiger partial charge on any atom is 0.255 e. The monoisotopic (exact) mass is 414 g/mol. The molecule has 1 N–H and O–H groups in total. The molecule has 2 aliphatic rings. The molecule has 2 amide bonds. The molecule has 0 saturated carbocycles. The van der Waals surface area contributed by atoms with Crippen LogP contribution in [0.1, 0.15) is 33.1 Å². The zero-order valence-corrected chi connectivity index (χ0v) is 16.9. The van der Waals surface area contributed by atoms with E-state index in [1.54, 1.807) is 11.0 Å². The van der Waals surface area contributed by atoms with Gasteiger partial charge in [-0.1, -0.05) is 54.6 Å². The van der Waals surface area contributed by atoms with Gasteiger partial charge in [-0.2, -0.15) is 0 Å². The Morgan fingerprint density at radius 2 is 1.71 bits per heavy atom. The maximum atomic E-state index is 13.2. The van der Waals surface area contributed by atoms with Crippen molar-refractivity contribution in [2.75, 3.05) is 13.3 Å². The third-order valence-corrected chi connectivity index (χ3v) is 5.65. The van der Waals surface area contributed by atoms with Gasteiger partial charge in [0.15, 0.2) is 11.5 Å². The second kappa shape index (κ2) is 8.14. The van der Waals surface area contributed by atoms with E-state index >= 15 is 0 Å². The highest BCUT2D eigenvalue weighted by Gasteiger charge is 2.40. The molecule has 0 spiro atoms. The van der Waals surface area contributed by atoms with E-state index in [-0.39, 0.29) is 18.6 Å². The summed E-state index contributed by atoms with van der Waals surface area (Å²) in [6.07, 6.45) is 0.733. The van der Waals surface area contributed by atoms with Crippen LogP contribution in [0.3, 0.4) is 0 Å². The quantitative estimate of drug-likeness (QED) is 0.671. The van der Waals surface area contributed by atoms with Gasteiger partial charge in [0.25, 0.3) is 5.91 Å². The number of fused-ring (bicyclic) bond motifs is 2. The standard InChI is InChI=1S/C25H22N2O4/c28-24(26-13-12-17-6-2-1-3-7-17)23-19-8-4-5-9-20(19)25(29)27(23)15-18-10-11-21-22(14-18)31-16-30-21/h1-11,14,23H,12-13,15-16H2,(H,26,28)/t23-/m1/s1. The fourth-order valence-corrected chi connectivity index (χ4v) is 4.12. The van der Waals surface area contributed by atoms with Crippen LogP contribution in [0, 0.1) is 0 Å². The highest BCUT2D eigenvalue weighted by molar-refractivity contribution is 6.04. The van der Waals surface area contributed by atoms with Crippen molar-refractivity contribution in [2.45, 2.75) is 19.0 Å². The zero-order chi connectivity index (χ0) is 21.2. The summed E-state index contributed by atoms with van der Waals surface area (Å²) < 4.78 is 10.8. The number of nitrogens with one attached hydrogen (secondary N) is 1. The highest BCUT2D eigenvalue weighted by atomic mass is 16.7. The van der Waals surface area contributed by atoms with Crippen molar-refractivity contribution < 1.29 is 19.1 Å². The molecule has 5 rings (SSSR count). The molecule has 156 valence electrons. The van der Waals surface area contributed by atoms with E-state index in [4.69, 9.17) is 9.47 Å². The molecular weight excluding hydrogens is 392 g/mol. The Labute approximate surface area is 180 Å². The van der Waals surface area contributed by atoms with Crippen LogP contribution in [-0.2, 0) is 17.8 Å². The second-order valence-electron chi connectivity index (χ2n) is 7.64. The number of hydrogen-bond donors (Lipinski definition) is 1. The maximum absolute atomic E-state index is 13.2. The van der Waals surface area contributed by atoms with Crippen molar-refractivity contribution >= 4 is 11.8 Å². The first-order valence-corrected chi connectivity index (χ1v) is 10.3. The fourth-order valence-electron chi connectivity index (χ4n) is 4.12. The summed E-state index contributed by atoms with van der Waals surface area (Å²) in [6.45, 7) is 1.01. The fraction of sp³-hybridized carbons (Fsp3) is 0.200. The topological polar surface area (TPSA) is 67.9 Å². The van der Waals surface area contributed by atoms with Crippen LogP contribution in [0.5, 0.6) is 11.5 Å². The highest BCUT2D eigenvalue weighted by Crippen LogP contribution is 2.37. The molecule has 1 atom stereocenters. The van der Waals surface area contributed by atoms with Crippen molar-refractivity contribution in [1.29, 1.82) is 0 Å². The minimum atomic E-state index is -0.662. The van der Waals surface area contributed by atoms with Crippen LogP contribution in [0.4, 0.5) is 0 Å². The van der Waals surface area contributed by atoms with E-state index in [0.29, 0.717) is 30.2 Å². The number of carbonyl (C=O) groups is 2. The summed E-state index contributed by atoms with van der Waals surface area (Å²) in [7, 11) is 0. The van der Waals surface area contributed by atoms with Gasteiger partial charge < -0.3 is 19.7 Å². The van der Waals surface area contributed by atoms with Crippen molar-refractivity contribution in [3.8, 4) is 11.5 Å². The predicted octanol–water partition coefficient (Wildman–Crippen LogP) is 3.47. The predicted molar refractivity (Wildman–Crippen MR) is 115 cm³/mol. The van der Waals surface area contributed by atoms with Gasteiger partial charge in [0.2, 0.25) is 12.7 Å². The van der Waals surface area contributed by atoms with Gasteiger partial charge in [-0.05, 0) is 41.3 Å².